The van der Waals surface area contributed by atoms with Crippen LogP contribution < -0.4 is 10.6 Å². The molecule has 0 aromatic carbocycles. The largest absolute Gasteiger partial charge is 0.357 e. The predicted octanol–water partition coefficient (Wildman–Crippen LogP) is 1.71. The van der Waals surface area contributed by atoms with E-state index in [1.165, 1.54) is 25.0 Å². The molecule has 1 amide bonds. The van der Waals surface area contributed by atoms with Gasteiger partial charge in [0.1, 0.15) is 0 Å². The number of anilines is 1. The fourth-order valence-corrected chi connectivity index (χ4v) is 3.93. The summed E-state index contributed by atoms with van der Waals surface area (Å²) < 4.78 is 0. The van der Waals surface area contributed by atoms with E-state index in [0.29, 0.717) is 17.4 Å². The second kappa shape index (κ2) is 8.16. The maximum atomic E-state index is 12.5. The Bertz CT molecular complexity index is 548. The van der Waals surface area contributed by atoms with E-state index in [4.69, 9.17) is 0 Å². The fraction of sp³-hybridized carbons (Fsp3) is 0.706. The number of nitrogens with zero attached hydrogens (tertiary/aromatic N) is 3. The zero-order valence-corrected chi connectivity index (χ0v) is 15.3. The Labute approximate surface area is 148 Å². The number of hydrogen-bond donors (Lipinski definition) is 2. The molecule has 1 aliphatic heterocycles. The third-order valence-electron chi connectivity index (χ3n) is 4.95. The van der Waals surface area contributed by atoms with Gasteiger partial charge >= 0.3 is 0 Å². The maximum absolute atomic E-state index is 12.5. The van der Waals surface area contributed by atoms with E-state index in [9.17, 15) is 4.79 Å². The molecule has 2 fully saturated rings. The van der Waals surface area contributed by atoms with Gasteiger partial charge in [0.15, 0.2) is 0 Å². The average Bonchev–Trinajstić information content (AvgIpc) is 3.37. The highest BCUT2D eigenvalue weighted by atomic mass is 32.2. The van der Waals surface area contributed by atoms with Gasteiger partial charge in [0.25, 0.3) is 5.91 Å². The number of likely N-dealkylation sites (tertiary alicyclic amines) is 1. The van der Waals surface area contributed by atoms with Crippen LogP contribution in [-0.4, -0.2) is 65.5 Å². The third kappa shape index (κ3) is 4.39. The molecule has 0 bridgehead atoms. The van der Waals surface area contributed by atoms with Gasteiger partial charge in [-0.3, -0.25) is 4.79 Å². The van der Waals surface area contributed by atoms with Crippen LogP contribution in [0.25, 0.3) is 0 Å². The summed E-state index contributed by atoms with van der Waals surface area (Å²) in [5.74, 6) is 3.07. The number of amides is 1. The van der Waals surface area contributed by atoms with Gasteiger partial charge in [0, 0.05) is 38.6 Å². The number of aromatic nitrogens is 2. The minimum atomic E-state index is -0.0562. The van der Waals surface area contributed by atoms with Crippen molar-refractivity contribution in [2.45, 2.75) is 25.3 Å². The van der Waals surface area contributed by atoms with E-state index in [-0.39, 0.29) is 11.9 Å². The lowest BCUT2D eigenvalue weighted by Crippen LogP contribution is -2.41. The van der Waals surface area contributed by atoms with Crippen molar-refractivity contribution in [2.75, 3.05) is 44.0 Å². The first kappa shape index (κ1) is 17.5. The average molecular weight is 350 g/mol. The molecule has 2 N–H and O–H groups in total. The minimum absolute atomic E-state index is 0.0562. The summed E-state index contributed by atoms with van der Waals surface area (Å²) in [5, 5.41) is 6.10. The van der Waals surface area contributed by atoms with E-state index in [0.717, 1.165) is 25.6 Å². The zero-order valence-electron chi connectivity index (χ0n) is 14.5. The summed E-state index contributed by atoms with van der Waals surface area (Å²) >= 11 is 1.90. The van der Waals surface area contributed by atoms with Crippen molar-refractivity contribution in [3.63, 3.8) is 0 Å². The van der Waals surface area contributed by atoms with Crippen LogP contribution in [0.1, 0.15) is 29.6 Å². The first-order chi connectivity index (χ1) is 11.7. The molecule has 2 atom stereocenters. The molecule has 2 heterocycles. The Morgan fingerprint density at radius 3 is 2.71 bits per heavy atom. The third-order valence-corrected chi connectivity index (χ3v) is 5.64. The quantitative estimate of drug-likeness (QED) is 0.697. The van der Waals surface area contributed by atoms with Crippen molar-refractivity contribution in [1.82, 2.24) is 20.2 Å². The van der Waals surface area contributed by atoms with Crippen LogP contribution in [0.2, 0.25) is 0 Å². The topological polar surface area (TPSA) is 70.2 Å². The van der Waals surface area contributed by atoms with Crippen LogP contribution in [0.15, 0.2) is 12.4 Å². The van der Waals surface area contributed by atoms with Gasteiger partial charge in [0.05, 0.1) is 5.56 Å². The molecule has 0 radical (unpaired) electrons. The standard InChI is InChI=1S/C17H27N5OS/c1-18-17-19-8-13(9-20-17)16(23)21-15-11-22(6-3-7-24-2)10-14(15)12-4-5-12/h8-9,12,14-15H,3-7,10-11H2,1-2H3,(H,21,23)(H,18,19,20)/t14-,15+/m1/s1. The molecule has 1 saturated carbocycles. The van der Waals surface area contributed by atoms with Crippen molar-refractivity contribution >= 4 is 23.6 Å². The fourth-order valence-electron chi connectivity index (χ4n) is 3.51. The van der Waals surface area contributed by atoms with Crippen molar-refractivity contribution in [3.05, 3.63) is 18.0 Å². The molecule has 3 rings (SSSR count). The highest BCUT2D eigenvalue weighted by Gasteiger charge is 2.42. The normalized spacial score (nSPS) is 24.1. The monoisotopic (exact) mass is 349 g/mol. The Balaban J connectivity index is 1.58. The summed E-state index contributed by atoms with van der Waals surface area (Å²) in [5.41, 5.74) is 0.532. The number of rotatable bonds is 8. The van der Waals surface area contributed by atoms with Crippen LogP contribution in [0.5, 0.6) is 0 Å². The Morgan fingerprint density at radius 1 is 1.33 bits per heavy atom. The molecule has 0 unspecified atom stereocenters. The maximum Gasteiger partial charge on any atom is 0.254 e. The number of carbonyl (C=O) groups is 1. The van der Waals surface area contributed by atoms with E-state index in [1.807, 2.05) is 11.8 Å². The summed E-state index contributed by atoms with van der Waals surface area (Å²) in [6.07, 6.45) is 9.18. The number of carbonyl (C=O) groups excluding carboxylic acids is 1. The molecule has 1 aromatic heterocycles. The van der Waals surface area contributed by atoms with Crippen molar-refractivity contribution in [3.8, 4) is 0 Å². The second-order valence-electron chi connectivity index (χ2n) is 6.73. The number of nitrogens with one attached hydrogen (secondary N) is 2. The Kier molecular flexibility index (Phi) is 5.94. The van der Waals surface area contributed by atoms with Gasteiger partial charge in [-0.2, -0.15) is 11.8 Å². The molecule has 2 aliphatic rings. The number of thioether (sulfide) groups is 1. The SMILES string of the molecule is CNc1ncc(C(=O)N[C@H]2CN(CCCSC)C[C@@H]2C2CC2)cn1. The molecular weight excluding hydrogens is 322 g/mol. The second-order valence-corrected chi connectivity index (χ2v) is 7.72. The van der Waals surface area contributed by atoms with Gasteiger partial charge in [-0.25, -0.2) is 9.97 Å². The van der Waals surface area contributed by atoms with E-state index < -0.39 is 0 Å². The van der Waals surface area contributed by atoms with E-state index >= 15 is 0 Å². The van der Waals surface area contributed by atoms with Crippen LogP contribution in [0.3, 0.4) is 0 Å². The molecule has 1 aliphatic carbocycles. The smallest absolute Gasteiger partial charge is 0.254 e. The molecule has 24 heavy (non-hydrogen) atoms. The van der Waals surface area contributed by atoms with Crippen LogP contribution >= 0.6 is 11.8 Å². The lowest BCUT2D eigenvalue weighted by Gasteiger charge is -2.19. The summed E-state index contributed by atoms with van der Waals surface area (Å²) in [4.78, 5) is 23.3. The van der Waals surface area contributed by atoms with Crippen molar-refractivity contribution < 1.29 is 4.79 Å². The lowest BCUT2D eigenvalue weighted by molar-refractivity contribution is 0.0927. The molecule has 1 saturated heterocycles. The molecule has 132 valence electrons. The van der Waals surface area contributed by atoms with Gasteiger partial charge in [-0.1, -0.05) is 0 Å². The summed E-state index contributed by atoms with van der Waals surface area (Å²) in [7, 11) is 1.76. The number of hydrogen-bond acceptors (Lipinski definition) is 6. The summed E-state index contributed by atoms with van der Waals surface area (Å²) in [6, 6.07) is 0.253. The van der Waals surface area contributed by atoms with Gasteiger partial charge in [0.2, 0.25) is 5.95 Å². The van der Waals surface area contributed by atoms with Crippen LogP contribution in [-0.2, 0) is 0 Å². The van der Waals surface area contributed by atoms with Crippen LogP contribution in [0, 0.1) is 11.8 Å². The van der Waals surface area contributed by atoms with E-state index in [2.05, 4.69) is 31.8 Å². The highest BCUT2D eigenvalue weighted by Crippen LogP contribution is 2.41. The molecule has 6 nitrogen and oxygen atoms in total. The summed E-state index contributed by atoms with van der Waals surface area (Å²) in [6.45, 7) is 3.23. The van der Waals surface area contributed by atoms with Gasteiger partial charge < -0.3 is 15.5 Å². The Hall–Kier alpha value is -1.34. The van der Waals surface area contributed by atoms with Crippen LogP contribution in [0.4, 0.5) is 5.95 Å². The molecule has 1 aromatic rings. The molecular formula is C17H27N5OS. The molecule has 0 spiro atoms. The first-order valence-corrected chi connectivity index (χ1v) is 10.1. The Morgan fingerprint density at radius 2 is 2.08 bits per heavy atom. The predicted molar refractivity (Wildman–Crippen MR) is 98.5 cm³/mol. The lowest BCUT2D eigenvalue weighted by atomic mass is 9.98. The first-order valence-electron chi connectivity index (χ1n) is 8.73. The van der Waals surface area contributed by atoms with Gasteiger partial charge in [-0.15, -0.1) is 0 Å². The van der Waals surface area contributed by atoms with Gasteiger partial charge in [-0.05, 0) is 49.7 Å². The highest BCUT2D eigenvalue weighted by molar-refractivity contribution is 7.98. The van der Waals surface area contributed by atoms with Crippen molar-refractivity contribution in [2.24, 2.45) is 11.8 Å². The zero-order chi connectivity index (χ0) is 16.9. The van der Waals surface area contributed by atoms with E-state index in [1.54, 1.807) is 19.4 Å². The van der Waals surface area contributed by atoms with Crippen molar-refractivity contribution in [1.29, 1.82) is 0 Å². The molecule has 7 heteroatoms. The minimum Gasteiger partial charge on any atom is -0.357 e.